The van der Waals surface area contributed by atoms with Crippen LogP contribution in [0.2, 0.25) is 36.3 Å². The number of hydrogen-bond acceptors (Lipinski definition) is 8. The molecule has 0 spiro atoms. The van der Waals surface area contributed by atoms with Crippen LogP contribution in [0.4, 0.5) is 5.69 Å². The molecule has 4 atom stereocenters. The number of nitrogens with zero attached hydrogens (tertiary/aromatic N) is 2. The lowest BCUT2D eigenvalue weighted by molar-refractivity contribution is -0.386. The molecule has 0 radical (unpaired) electrons. The van der Waals surface area contributed by atoms with E-state index in [2.05, 4.69) is 72.7 Å². The fourth-order valence-electron chi connectivity index (χ4n) is 5.60. The summed E-state index contributed by atoms with van der Waals surface area (Å²) in [5.41, 5.74) is -1.35. The number of aliphatic hydroxyl groups is 1. The molecular weight excluding hydrogens is 623 g/mol. The van der Waals surface area contributed by atoms with Crippen molar-refractivity contribution in [3.8, 4) is 0 Å². The molecule has 1 saturated heterocycles. The van der Waals surface area contributed by atoms with E-state index in [1.165, 1.54) is 16.8 Å². The number of para-hydroxylation sites is 1. The second-order valence-corrected chi connectivity index (χ2v) is 27.3. The highest BCUT2D eigenvalue weighted by Crippen LogP contribution is 2.52. The average molecular weight is 678 g/mol. The molecule has 2 heterocycles. The van der Waals surface area contributed by atoms with Gasteiger partial charge in [-0.05, 0) is 34.7 Å². The monoisotopic (exact) mass is 677 g/mol. The third kappa shape index (κ3) is 7.49. The molecule has 258 valence electrons. The van der Waals surface area contributed by atoms with Gasteiger partial charge >= 0.3 is 5.69 Å². The Balaban J connectivity index is 2.01. The van der Waals surface area contributed by atoms with Crippen molar-refractivity contribution in [3.05, 3.63) is 72.5 Å². The van der Waals surface area contributed by atoms with Crippen molar-refractivity contribution in [1.29, 1.82) is 0 Å². The highest BCUT2D eigenvalue weighted by molar-refractivity contribution is 6.83. The van der Waals surface area contributed by atoms with E-state index < -0.39 is 61.6 Å². The molecule has 0 saturated carbocycles. The molecular formula is C33H55N3O8Si2. The average Bonchev–Trinajstić information content (AvgIpc) is 3.24. The van der Waals surface area contributed by atoms with E-state index in [9.17, 15) is 24.8 Å². The maximum absolute atomic E-state index is 13.2. The summed E-state index contributed by atoms with van der Waals surface area (Å²) in [7, 11) is -4.72. The third-order valence-electron chi connectivity index (χ3n) is 10.7. The quantitative estimate of drug-likeness (QED) is 0.158. The van der Waals surface area contributed by atoms with Gasteiger partial charge in [-0.15, -0.1) is 0 Å². The van der Waals surface area contributed by atoms with Gasteiger partial charge in [0.2, 0.25) is 0 Å². The fourth-order valence-corrected chi connectivity index (χ4v) is 9.54. The Labute approximate surface area is 275 Å². The first-order valence-electron chi connectivity index (χ1n) is 16.0. The molecule has 0 aliphatic carbocycles. The molecule has 2 aromatic rings. The Morgan fingerprint density at radius 3 is 2.17 bits per heavy atom. The number of H-pyrrole nitrogens is 1. The zero-order valence-corrected chi connectivity index (χ0v) is 31.9. The van der Waals surface area contributed by atoms with Crippen molar-refractivity contribution in [2.24, 2.45) is 5.41 Å². The predicted octanol–water partition coefficient (Wildman–Crippen LogP) is 6.84. The van der Waals surface area contributed by atoms with Gasteiger partial charge < -0.3 is 19.0 Å². The number of nitrogens with one attached hydrogen (secondary N) is 1. The number of hydrogen-bond donors (Lipinski definition) is 2. The summed E-state index contributed by atoms with van der Waals surface area (Å²) in [6.07, 6.45) is -0.688. The van der Waals surface area contributed by atoms with Crippen LogP contribution in [0, 0.1) is 15.5 Å². The second-order valence-electron chi connectivity index (χ2n) is 16.8. The van der Waals surface area contributed by atoms with E-state index in [0.29, 0.717) is 5.56 Å². The maximum Gasteiger partial charge on any atom is 0.330 e. The highest BCUT2D eigenvalue weighted by atomic mass is 28.4. The molecule has 1 aliphatic heterocycles. The van der Waals surface area contributed by atoms with Gasteiger partial charge in [0.05, 0.1) is 48.7 Å². The van der Waals surface area contributed by atoms with E-state index in [1.807, 2.05) is 20.8 Å². The summed E-state index contributed by atoms with van der Waals surface area (Å²) in [6.45, 7) is 27.1. The van der Waals surface area contributed by atoms with E-state index in [-0.39, 0.29) is 41.0 Å². The summed E-state index contributed by atoms with van der Waals surface area (Å²) in [5, 5.41) is 22.8. The molecule has 46 heavy (non-hydrogen) atoms. The van der Waals surface area contributed by atoms with Crippen molar-refractivity contribution < 1.29 is 23.9 Å². The summed E-state index contributed by atoms with van der Waals surface area (Å²) < 4.78 is 20.7. The number of ether oxygens (including phenoxy) is 2. The van der Waals surface area contributed by atoms with Gasteiger partial charge in [0.25, 0.3) is 11.2 Å². The van der Waals surface area contributed by atoms with Crippen molar-refractivity contribution in [1.82, 2.24) is 9.55 Å². The summed E-state index contributed by atoms with van der Waals surface area (Å²) in [4.78, 5) is 40.0. The molecule has 1 aromatic heterocycles. The van der Waals surface area contributed by atoms with Crippen LogP contribution in [0.25, 0.3) is 0 Å². The van der Waals surface area contributed by atoms with Crippen LogP contribution in [0.3, 0.4) is 0 Å². The molecule has 1 aliphatic rings. The SMILES string of the molecule is CC(C)(C)C(OCc1cn([C@H]2C[C@@](O)([Si](C)(C)C(C)(C)C)[C@@H](CO[Si](C)(C)C(C)(C)C)O2)c(=O)[nH]c1=O)c1ccccc1[N+](=O)[O-]. The van der Waals surface area contributed by atoms with Crippen molar-refractivity contribution >= 4 is 22.1 Å². The first-order valence-corrected chi connectivity index (χ1v) is 21.9. The molecule has 13 heteroatoms. The Morgan fingerprint density at radius 1 is 1.07 bits per heavy atom. The van der Waals surface area contributed by atoms with Gasteiger partial charge in [0.15, 0.2) is 8.32 Å². The molecule has 2 N–H and O–H groups in total. The Morgan fingerprint density at radius 2 is 1.65 bits per heavy atom. The van der Waals surface area contributed by atoms with Crippen LogP contribution < -0.4 is 11.2 Å². The molecule has 1 aromatic carbocycles. The topological polar surface area (TPSA) is 146 Å². The lowest BCUT2D eigenvalue weighted by atomic mass is 9.84. The zero-order valence-electron chi connectivity index (χ0n) is 29.9. The zero-order chi connectivity index (χ0) is 35.3. The Kier molecular flexibility index (Phi) is 10.7. The number of aromatic amines is 1. The normalized spacial score (nSPS) is 22.2. The van der Waals surface area contributed by atoms with E-state index in [1.54, 1.807) is 18.2 Å². The summed E-state index contributed by atoms with van der Waals surface area (Å²) >= 11 is 0. The third-order valence-corrected chi connectivity index (χ3v) is 21.6. The molecule has 11 nitrogen and oxygen atoms in total. The van der Waals surface area contributed by atoms with Gasteiger partial charge in [-0.3, -0.25) is 24.5 Å². The smallest absolute Gasteiger partial charge is 0.330 e. The molecule has 1 fully saturated rings. The Bertz CT molecular complexity index is 1530. The number of nitro benzene ring substituents is 1. The lowest BCUT2D eigenvalue weighted by Gasteiger charge is -2.49. The second kappa shape index (κ2) is 12.9. The number of benzene rings is 1. The minimum Gasteiger partial charge on any atom is -0.414 e. The first kappa shape index (κ1) is 38.0. The first-order chi connectivity index (χ1) is 20.7. The molecule has 1 unspecified atom stereocenters. The summed E-state index contributed by atoms with van der Waals surface area (Å²) in [5.74, 6) is 0. The van der Waals surface area contributed by atoms with Gasteiger partial charge in [-0.2, -0.15) is 0 Å². The molecule has 0 bridgehead atoms. The number of aromatic nitrogens is 2. The summed E-state index contributed by atoms with van der Waals surface area (Å²) in [6, 6.07) is 6.39. The van der Waals surface area contributed by atoms with Crippen LogP contribution >= 0.6 is 0 Å². The largest absolute Gasteiger partial charge is 0.414 e. The van der Waals surface area contributed by atoms with E-state index in [4.69, 9.17) is 13.9 Å². The predicted molar refractivity (Wildman–Crippen MR) is 185 cm³/mol. The van der Waals surface area contributed by atoms with E-state index >= 15 is 0 Å². The van der Waals surface area contributed by atoms with Crippen LogP contribution in [-0.4, -0.2) is 53.9 Å². The molecule has 0 amide bonds. The van der Waals surface area contributed by atoms with Crippen LogP contribution in [-0.2, 0) is 20.5 Å². The van der Waals surface area contributed by atoms with Crippen LogP contribution in [0.1, 0.15) is 92.2 Å². The van der Waals surface area contributed by atoms with Crippen molar-refractivity contribution in [2.75, 3.05) is 6.61 Å². The standard InChI is InChI=1S/C33H55N3O8Si2/c1-30(2,3)27(23-16-14-15-17-24(23)36(40)41)42-20-22-19-35(29(38)34-28(22)37)26-18-33(39,45(10,11)31(4,5)6)25(44-26)21-43-46(12,13)32(7,8)9/h14-17,19,25-27,39H,18,20-21H2,1-13H3,(H,34,37,38)/t25-,26-,27?,33-/m1/s1. The van der Waals surface area contributed by atoms with Crippen molar-refractivity contribution in [2.45, 2.75) is 135 Å². The number of rotatable bonds is 10. The molecule has 3 rings (SSSR count). The van der Waals surface area contributed by atoms with Crippen LogP contribution in [0.5, 0.6) is 0 Å². The minimum absolute atomic E-state index is 0.0457. The van der Waals surface area contributed by atoms with E-state index in [0.717, 1.165) is 0 Å². The Hall–Kier alpha value is -2.43. The lowest BCUT2D eigenvalue weighted by Crippen LogP contribution is -2.65. The van der Waals surface area contributed by atoms with Crippen LogP contribution in [0.15, 0.2) is 40.1 Å². The fraction of sp³-hybridized carbons (Fsp3) is 0.697. The van der Waals surface area contributed by atoms with Crippen molar-refractivity contribution in [3.63, 3.8) is 0 Å². The van der Waals surface area contributed by atoms with Gasteiger partial charge in [0, 0.05) is 18.7 Å². The van der Waals surface area contributed by atoms with Gasteiger partial charge in [-0.25, -0.2) is 4.79 Å². The van der Waals surface area contributed by atoms with Gasteiger partial charge in [0.1, 0.15) is 12.3 Å². The highest BCUT2D eigenvalue weighted by Gasteiger charge is 2.62. The minimum atomic E-state index is -2.52. The van der Waals surface area contributed by atoms with Gasteiger partial charge in [-0.1, -0.05) is 87.5 Å². The maximum atomic E-state index is 13.2. The number of nitro groups is 1.